The van der Waals surface area contributed by atoms with Gasteiger partial charge in [-0.05, 0) is 127 Å². The van der Waals surface area contributed by atoms with Gasteiger partial charge in [0.2, 0.25) is 0 Å². The molecule has 0 aliphatic heterocycles. The monoisotopic (exact) mass is 843 g/mol. The minimum Gasteiger partial charge on any atom is -0.311 e. The summed E-state index contributed by atoms with van der Waals surface area (Å²) in [5.74, 6) is 0. The van der Waals surface area contributed by atoms with Crippen LogP contribution in [0, 0.1) is 0 Å². The summed E-state index contributed by atoms with van der Waals surface area (Å²) >= 11 is 12.7. The summed E-state index contributed by atoms with van der Waals surface area (Å²) in [4.78, 5) is 21.3. The van der Waals surface area contributed by atoms with E-state index in [1.807, 2.05) is 28.7 Å². The maximum Gasteiger partial charge on any atom is 0.160 e. The smallest absolute Gasteiger partial charge is 0.160 e. The molecule has 0 saturated carbocycles. The lowest BCUT2D eigenvalue weighted by Gasteiger charge is -2.25. The lowest BCUT2D eigenvalue weighted by atomic mass is 10.0. The van der Waals surface area contributed by atoms with E-state index >= 15 is 0 Å². The molecular formula is C43H43Br2NOS3. The summed E-state index contributed by atoms with van der Waals surface area (Å²) in [5.41, 5.74) is 7.53. The number of anilines is 3. The summed E-state index contributed by atoms with van der Waals surface area (Å²) in [7, 11) is 0. The van der Waals surface area contributed by atoms with Crippen LogP contribution in [0.3, 0.4) is 0 Å². The van der Waals surface area contributed by atoms with E-state index < -0.39 is 0 Å². The van der Waals surface area contributed by atoms with Gasteiger partial charge >= 0.3 is 0 Å². The van der Waals surface area contributed by atoms with Gasteiger partial charge in [0.15, 0.2) is 6.29 Å². The van der Waals surface area contributed by atoms with E-state index in [1.165, 1.54) is 92.4 Å². The molecule has 0 aliphatic rings. The van der Waals surface area contributed by atoms with E-state index in [0.717, 1.165) is 50.0 Å². The van der Waals surface area contributed by atoms with Gasteiger partial charge in [-0.15, -0.1) is 34.0 Å². The quantitative estimate of drug-likeness (QED) is 0.0673. The van der Waals surface area contributed by atoms with E-state index in [2.05, 4.69) is 142 Å². The molecule has 0 bridgehead atoms. The number of carbonyl (C=O) groups is 1. The van der Waals surface area contributed by atoms with E-state index in [1.54, 1.807) is 11.3 Å². The second-order valence-corrected chi connectivity index (χ2v) is 17.8. The average molecular weight is 846 g/mol. The third-order valence-corrected chi connectivity index (χ3v) is 13.8. The Bertz CT molecular complexity index is 1920. The first kappa shape index (κ1) is 37.0. The van der Waals surface area contributed by atoms with Crippen molar-refractivity contribution < 1.29 is 4.79 Å². The fourth-order valence-corrected chi connectivity index (χ4v) is 10.4. The maximum absolute atomic E-state index is 11.5. The first-order chi connectivity index (χ1) is 24.5. The average Bonchev–Trinajstić information content (AvgIpc) is 3.89. The molecule has 3 aromatic heterocycles. The van der Waals surface area contributed by atoms with Crippen LogP contribution in [0.25, 0.3) is 29.9 Å². The lowest BCUT2D eigenvalue weighted by Crippen LogP contribution is -2.09. The van der Waals surface area contributed by atoms with Crippen molar-refractivity contribution in [2.24, 2.45) is 0 Å². The lowest BCUT2D eigenvalue weighted by molar-refractivity contribution is 0.112. The largest absolute Gasteiger partial charge is 0.311 e. The zero-order chi connectivity index (χ0) is 34.9. The molecule has 2 nitrogen and oxygen atoms in total. The number of rotatable bonds is 17. The molecule has 0 saturated heterocycles. The summed E-state index contributed by atoms with van der Waals surface area (Å²) in [5, 5.41) is 0. The zero-order valence-electron chi connectivity index (χ0n) is 28.7. The molecule has 50 heavy (non-hydrogen) atoms. The highest BCUT2D eigenvalue weighted by Gasteiger charge is 2.20. The van der Waals surface area contributed by atoms with Crippen molar-refractivity contribution >= 4 is 89.2 Å². The molecule has 0 unspecified atom stereocenters. The molecule has 0 radical (unpaired) electrons. The zero-order valence-corrected chi connectivity index (χ0v) is 34.3. The number of unbranched alkanes of at least 4 members (excludes halogenated alkanes) is 6. The van der Waals surface area contributed by atoms with Gasteiger partial charge in [-0.2, -0.15) is 0 Å². The number of nitrogens with zero attached hydrogens (tertiary/aromatic N) is 1. The van der Waals surface area contributed by atoms with E-state index in [9.17, 15) is 4.79 Å². The topological polar surface area (TPSA) is 20.3 Å². The molecule has 0 aliphatic carbocycles. The SMILES string of the molecule is CCCCCCc1cc(-c2ccc(N(c3ccc(Br)cc3)c3ccc(Br)cc3)cc2)sc1-c1sc(-c2ccc(C=O)s2)cc1CCCCCC. The third kappa shape index (κ3) is 9.15. The molecule has 6 aromatic rings. The van der Waals surface area contributed by atoms with Crippen LogP contribution in [0.2, 0.25) is 0 Å². The summed E-state index contributed by atoms with van der Waals surface area (Å²) < 4.78 is 2.13. The van der Waals surface area contributed by atoms with Crippen LogP contribution in [-0.2, 0) is 12.8 Å². The molecule has 0 spiro atoms. The van der Waals surface area contributed by atoms with Crippen molar-refractivity contribution in [3.63, 3.8) is 0 Å². The van der Waals surface area contributed by atoms with Gasteiger partial charge in [-0.3, -0.25) is 4.79 Å². The minimum atomic E-state index is 0.789. The molecule has 0 N–H and O–H groups in total. The van der Waals surface area contributed by atoms with Gasteiger partial charge in [-0.1, -0.05) is 96.4 Å². The molecule has 3 aromatic carbocycles. The Morgan fingerprint density at radius 1 is 0.540 bits per heavy atom. The van der Waals surface area contributed by atoms with Crippen LogP contribution in [-0.4, -0.2) is 6.29 Å². The molecule has 3 heterocycles. The highest BCUT2D eigenvalue weighted by atomic mass is 79.9. The minimum absolute atomic E-state index is 0.789. The first-order valence-electron chi connectivity index (χ1n) is 17.7. The Morgan fingerprint density at radius 2 is 1.02 bits per heavy atom. The van der Waals surface area contributed by atoms with Crippen molar-refractivity contribution in [3.8, 4) is 29.9 Å². The molecule has 0 amide bonds. The Labute approximate surface area is 326 Å². The third-order valence-electron chi connectivity index (χ3n) is 8.99. The van der Waals surface area contributed by atoms with Crippen LogP contribution in [0.5, 0.6) is 0 Å². The van der Waals surface area contributed by atoms with Gasteiger partial charge < -0.3 is 4.90 Å². The highest BCUT2D eigenvalue weighted by molar-refractivity contribution is 9.10. The van der Waals surface area contributed by atoms with Crippen LogP contribution < -0.4 is 4.90 Å². The number of thiophene rings is 3. The van der Waals surface area contributed by atoms with Crippen molar-refractivity contribution in [1.29, 1.82) is 0 Å². The van der Waals surface area contributed by atoms with Gasteiger partial charge in [0.25, 0.3) is 0 Å². The van der Waals surface area contributed by atoms with Gasteiger partial charge in [0.1, 0.15) is 0 Å². The van der Waals surface area contributed by atoms with E-state index in [-0.39, 0.29) is 0 Å². The Kier molecular flexibility index (Phi) is 13.4. The number of aryl methyl sites for hydroxylation is 2. The molecular weight excluding hydrogens is 802 g/mol. The van der Waals surface area contributed by atoms with Crippen molar-refractivity contribution in [3.05, 3.63) is 122 Å². The predicted molar refractivity (Wildman–Crippen MR) is 228 cm³/mol. The fourth-order valence-electron chi connectivity index (χ4n) is 6.31. The second-order valence-electron chi connectivity index (χ2n) is 12.7. The first-order valence-corrected chi connectivity index (χ1v) is 21.7. The number of carbonyl (C=O) groups excluding carboxylic acids is 1. The number of hydrogen-bond acceptors (Lipinski definition) is 5. The second kappa shape index (κ2) is 18.1. The highest BCUT2D eigenvalue weighted by Crippen LogP contribution is 2.47. The van der Waals surface area contributed by atoms with Gasteiger partial charge in [0.05, 0.1) is 4.88 Å². The summed E-state index contributed by atoms with van der Waals surface area (Å²) in [6.07, 6.45) is 13.2. The van der Waals surface area contributed by atoms with Gasteiger partial charge in [-0.25, -0.2) is 0 Å². The molecule has 258 valence electrons. The summed E-state index contributed by atoms with van der Waals surface area (Å²) in [6, 6.07) is 35.0. The maximum atomic E-state index is 11.5. The molecule has 0 atom stereocenters. The van der Waals surface area contributed by atoms with Crippen molar-refractivity contribution in [2.75, 3.05) is 4.90 Å². The van der Waals surface area contributed by atoms with Gasteiger partial charge in [0, 0.05) is 50.4 Å². The fraction of sp³-hybridized carbons (Fsp3) is 0.279. The van der Waals surface area contributed by atoms with E-state index in [0.29, 0.717) is 0 Å². The number of halogens is 2. The normalized spacial score (nSPS) is 11.3. The molecule has 6 rings (SSSR count). The number of hydrogen-bond donors (Lipinski definition) is 0. The standard InChI is InChI=1S/C43H43Br2NOS3/c1-3-5-7-9-11-31-27-40(49-42(31)43-32(12-10-8-6-4-2)28-41(50-43)39-26-25-38(29-47)48-39)30-13-19-35(20-14-30)46(36-21-15-33(44)16-22-36)37-23-17-34(45)18-24-37/h13-29H,3-12H2,1-2H3. The number of aldehydes is 1. The predicted octanol–water partition coefficient (Wildman–Crippen LogP) is 15.9. The van der Waals surface area contributed by atoms with E-state index in [4.69, 9.17) is 0 Å². The Morgan fingerprint density at radius 3 is 1.50 bits per heavy atom. The number of benzene rings is 3. The van der Waals surface area contributed by atoms with Crippen LogP contribution >= 0.6 is 65.9 Å². The Balaban J connectivity index is 1.37. The molecule has 7 heteroatoms. The molecule has 0 fully saturated rings. The van der Waals surface area contributed by atoms with Crippen molar-refractivity contribution in [2.45, 2.75) is 78.1 Å². The Hall–Kier alpha value is -2.81. The van der Waals surface area contributed by atoms with Crippen LogP contribution in [0.4, 0.5) is 17.1 Å². The van der Waals surface area contributed by atoms with Crippen LogP contribution in [0.15, 0.2) is 106 Å². The van der Waals surface area contributed by atoms with Crippen molar-refractivity contribution in [1.82, 2.24) is 0 Å². The summed E-state index contributed by atoms with van der Waals surface area (Å²) in [6.45, 7) is 4.56. The van der Waals surface area contributed by atoms with Crippen LogP contribution in [0.1, 0.15) is 86.0 Å².